The fourth-order valence-corrected chi connectivity index (χ4v) is 1.64. The number of carbonyl (C=O) groups excluding carboxylic acids is 1. The topological polar surface area (TPSA) is 29.5 Å². The molecular weight excluding hydrogens is 221 g/mol. The lowest BCUT2D eigenvalue weighted by Crippen LogP contribution is -2.38. The molecule has 94 valence electrons. The molecule has 0 fully saturated rings. The molecule has 0 radical (unpaired) electrons. The molecule has 0 saturated carbocycles. The maximum Gasteiger partial charge on any atom is 0.323 e. The summed E-state index contributed by atoms with van der Waals surface area (Å²) in [5.41, 5.74) is 1.39. The Bertz CT molecular complexity index is 404. The fourth-order valence-electron chi connectivity index (χ4n) is 1.64. The summed E-state index contributed by atoms with van der Waals surface area (Å²) in [5.74, 6) is -0.629. The Morgan fingerprint density at radius 2 is 2.12 bits per heavy atom. The highest BCUT2D eigenvalue weighted by atomic mass is 19.1. The van der Waals surface area contributed by atoms with E-state index in [0.29, 0.717) is 12.0 Å². The smallest absolute Gasteiger partial charge is 0.323 e. The van der Waals surface area contributed by atoms with E-state index in [1.807, 2.05) is 13.0 Å². The van der Waals surface area contributed by atoms with Crippen LogP contribution in [0.1, 0.15) is 11.1 Å². The predicted octanol–water partition coefficient (Wildman–Crippen LogP) is 1.78. The lowest BCUT2D eigenvalue weighted by molar-refractivity contribution is -0.145. The van der Waals surface area contributed by atoms with Crippen molar-refractivity contribution in [2.24, 2.45) is 0 Å². The number of halogens is 1. The molecule has 17 heavy (non-hydrogen) atoms. The summed E-state index contributed by atoms with van der Waals surface area (Å²) < 4.78 is 18.4. The highest BCUT2D eigenvalue weighted by molar-refractivity contribution is 5.76. The van der Waals surface area contributed by atoms with Gasteiger partial charge in [-0.05, 0) is 38.2 Å². The minimum absolute atomic E-state index is 0.277. The van der Waals surface area contributed by atoms with Gasteiger partial charge in [0.1, 0.15) is 11.9 Å². The summed E-state index contributed by atoms with van der Waals surface area (Å²) in [5, 5.41) is 0. The number of esters is 1. The van der Waals surface area contributed by atoms with E-state index in [4.69, 9.17) is 4.74 Å². The average Bonchev–Trinajstić information content (AvgIpc) is 2.26. The normalized spacial score (nSPS) is 12.6. The molecule has 0 aliphatic carbocycles. The van der Waals surface area contributed by atoms with Crippen LogP contribution in [0, 0.1) is 12.7 Å². The number of hydrogen-bond donors (Lipinski definition) is 0. The number of benzene rings is 1. The van der Waals surface area contributed by atoms with E-state index in [1.54, 1.807) is 25.1 Å². The van der Waals surface area contributed by atoms with Gasteiger partial charge in [0.15, 0.2) is 0 Å². The van der Waals surface area contributed by atoms with Gasteiger partial charge in [0, 0.05) is 6.42 Å². The number of hydrogen-bond acceptors (Lipinski definition) is 3. The molecule has 0 aliphatic heterocycles. The molecule has 3 nitrogen and oxygen atoms in total. The monoisotopic (exact) mass is 239 g/mol. The molecule has 0 amide bonds. The Morgan fingerprint density at radius 3 is 2.59 bits per heavy atom. The molecule has 0 aromatic heterocycles. The Balaban J connectivity index is 2.90. The summed E-state index contributed by atoms with van der Waals surface area (Å²) in [7, 11) is 4.88. The first kappa shape index (κ1) is 13.6. The van der Waals surface area contributed by atoms with Gasteiger partial charge in [-0.2, -0.15) is 0 Å². The molecule has 1 rings (SSSR count). The second-order valence-corrected chi connectivity index (χ2v) is 4.30. The van der Waals surface area contributed by atoms with Crippen molar-refractivity contribution >= 4 is 5.97 Å². The standard InChI is InChI=1S/C13H18FNO2/c1-9-5-6-10(11(14)7-9)8-12(15(2)3)13(16)17-4/h5-7,12H,8H2,1-4H3. The molecule has 0 bridgehead atoms. The average molecular weight is 239 g/mol. The number of ether oxygens (including phenoxy) is 1. The van der Waals surface area contributed by atoms with Crippen LogP contribution in [0.5, 0.6) is 0 Å². The molecule has 1 aromatic rings. The van der Waals surface area contributed by atoms with E-state index < -0.39 is 6.04 Å². The zero-order chi connectivity index (χ0) is 13.0. The van der Waals surface area contributed by atoms with Gasteiger partial charge in [-0.3, -0.25) is 9.69 Å². The zero-order valence-corrected chi connectivity index (χ0v) is 10.7. The maximum absolute atomic E-state index is 13.7. The highest BCUT2D eigenvalue weighted by Gasteiger charge is 2.23. The van der Waals surface area contributed by atoms with Crippen LogP contribution in [0.25, 0.3) is 0 Å². The van der Waals surface area contributed by atoms with Crippen molar-refractivity contribution in [1.82, 2.24) is 4.90 Å². The Hall–Kier alpha value is -1.42. The molecular formula is C13H18FNO2. The first-order chi connectivity index (χ1) is 7.95. The van der Waals surface area contributed by atoms with Crippen LogP contribution < -0.4 is 0 Å². The van der Waals surface area contributed by atoms with Gasteiger partial charge in [0.2, 0.25) is 0 Å². The summed E-state index contributed by atoms with van der Waals surface area (Å²) in [6, 6.07) is 4.56. The number of aryl methyl sites for hydroxylation is 1. The van der Waals surface area contributed by atoms with Gasteiger partial charge in [0.25, 0.3) is 0 Å². The van der Waals surface area contributed by atoms with Crippen LogP contribution >= 0.6 is 0 Å². The molecule has 0 spiro atoms. The molecule has 4 heteroatoms. The zero-order valence-electron chi connectivity index (χ0n) is 10.7. The van der Waals surface area contributed by atoms with E-state index in [-0.39, 0.29) is 11.8 Å². The largest absolute Gasteiger partial charge is 0.468 e. The molecule has 1 atom stereocenters. The Morgan fingerprint density at radius 1 is 1.47 bits per heavy atom. The Labute approximate surface area is 101 Å². The molecule has 0 heterocycles. The molecule has 0 aliphatic rings. The van der Waals surface area contributed by atoms with Crippen LogP contribution in [0.3, 0.4) is 0 Å². The van der Waals surface area contributed by atoms with Gasteiger partial charge < -0.3 is 4.74 Å². The van der Waals surface area contributed by atoms with Crippen molar-refractivity contribution in [2.75, 3.05) is 21.2 Å². The van der Waals surface area contributed by atoms with Crippen molar-refractivity contribution in [1.29, 1.82) is 0 Å². The van der Waals surface area contributed by atoms with E-state index in [0.717, 1.165) is 5.56 Å². The SMILES string of the molecule is COC(=O)C(Cc1ccc(C)cc1F)N(C)C. The molecule has 0 N–H and O–H groups in total. The minimum atomic E-state index is -0.461. The Kier molecular flexibility index (Phi) is 4.63. The first-order valence-electron chi connectivity index (χ1n) is 5.45. The van der Waals surface area contributed by atoms with Crippen LogP contribution in [0.4, 0.5) is 4.39 Å². The lowest BCUT2D eigenvalue weighted by Gasteiger charge is -2.22. The third kappa shape index (κ3) is 3.53. The third-order valence-corrected chi connectivity index (χ3v) is 2.72. The number of nitrogens with zero attached hydrogens (tertiary/aromatic N) is 1. The molecule has 1 unspecified atom stereocenters. The summed E-state index contributed by atoms with van der Waals surface area (Å²) in [6.07, 6.45) is 0.311. The van der Waals surface area contributed by atoms with Crippen molar-refractivity contribution < 1.29 is 13.9 Å². The summed E-state index contributed by atoms with van der Waals surface area (Å²) in [6.45, 7) is 1.83. The number of likely N-dealkylation sites (N-methyl/N-ethyl adjacent to an activating group) is 1. The number of carbonyl (C=O) groups is 1. The van der Waals surface area contributed by atoms with Gasteiger partial charge >= 0.3 is 5.97 Å². The summed E-state index contributed by atoms with van der Waals surface area (Å²) >= 11 is 0. The van der Waals surface area contributed by atoms with E-state index in [2.05, 4.69) is 0 Å². The quantitative estimate of drug-likeness (QED) is 0.750. The molecule has 1 aromatic carbocycles. The van der Waals surface area contributed by atoms with Crippen LogP contribution in [-0.4, -0.2) is 38.1 Å². The predicted molar refractivity (Wildman–Crippen MR) is 64.3 cm³/mol. The minimum Gasteiger partial charge on any atom is -0.468 e. The van der Waals surface area contributed by atoms with Crippen LogP contribution in [-0.2, 0) is 16.0 Å². The van der Waals surface area contributed by atoms with Crippen LogP contribution in [0.15, 0.2) is 18.2 Å². The number of rotatable bonds is 4. The van der Waals surface area contributed by atoms with Crippen molar-refractivity contribution in [3.63, 3.8) is 0 Å². The van der Waals surface area contributed by atoms with Gasteiger partial charge in [-0.15, -0.1) is 0 Å². The van der Waals surface area contributed by atoms with E-state index in [1.165, 1.54) is 13.2 Å². The fraction of sp³-hybridized carbons (Fsp3) is 0.462. The van der Waals surface area contributed by atoms with Gasteiger partial charge in [-0.1, -0.05) is 12.1 Å². The van der Waals surface area contributed by atoms with Crippen molar-refractivity contribution in [3.05, 3.63) is 35.1 Å². The van der Waals surface area contributed by atoms with E-state index in [9.17, 15) is 9.18 Å². The highest BCUT2D eigenvalue weighted by Crippen LogP contribution is 2.14. The van der Waals surface area contributed by atoms with E-state index >= 15 is 0 Å². The number of methoxy groups -OCH3 is 1. The van der Waals surface area contributed by atoms with Crippen molar-refractivity contribution in [3.8, 4) is 0 Å². The molecule has 0 saturated heterocycles. The maximum atomic E-state index is 13.7. The second kappa shape index (κ2) is 5.77. The second-order valence-electron chi connectivity index (χ2n) is 4.30. The summed E-state index contributed by atoms with van der Waals surface area (Å²) in [4.78, 5) is 13.3. The third-order valence-electron chi connectivity index (χ3n) is 2.72. The van der Waals surface area contributed by atoms with Gasteiger partial charge in [0.05, 0.1) is 7.11 Å². The first-order valence-corrected chi connectivity index (χ1v) is 5.45. The van der Waals surface area contributed by atoms with Gasteiger partial charge in [-0.25, -0.2) is 4.39 Å². The van der Waals surface area contributed by atoms with Crippen molar-refractivity contribution in [2.45, 2.75) is 19.4 Å². The van der Waals surface area contributed by atoms with Crippen LogP contribution in [0.2, 0.25) is 0 Å². The lowest BCUT2D eigenvalue weighted by atomic mass is 10.0.